The topological polar surface area (TPSA) is 85.2 Å². The Labute approximate surface area is 182 Å². The summed E-state index contributed by atoms with van der Waals surface area (Å²) < 4.78 is 2.08. The first-order valence-electron chi connectivity index (χ1n) is 10.7. The van der Waals surface area contributed by atoms with Gasteiger partial charge in [0.05, 0.1) is 5.54 Å². The number of aromatic amines is 1. The number of aromatic nitrogens is 7. The zero-order valence-corrected chi connectivity index (χ0v) is 18.8. The maximum Gasteiger partial charge on any atom is 0.205 e. The molecule has 0 radical (unpaired) electrons. The molecule has 0 fully saturated rings. The first-order valence-corrected chi connectivity index (χ1v) is 10.7. The van der Waals surface area contributed by atoms with E-state index in [1.54, 1.807) is 0 Å². The number of benzene rings is 2. The van der Waals surface area contributed by atoms with Crippen LogP contribution in [0.1, 0.15) is 64.2 Å². The summed E-state index contributed by atoms with van der Waals surface area (Å²) in [5.74, 6) is 2.88. The van der Waals surface area contributed by atoms with Crippen LogP contribution >= 0.6 is 0 Å². The van der Waals surface area contributed by atoms with Crippen molar-refractivity contribution < 1.29 is 0 Å². The zero-order chi connectivity index (χ0) is 22.0. The Morgan fingerprint density at radius 2 is 1.71 bits per heavy atom. The lowest BCUT2D eigenvalue weighted by Gasteiger charge is -2.21. The van der Waals surface area contributed by atoms with Gasteiger partial charge in [-0.2, -0.15) is 10.3 Å². The predicted molar refractivity (Wildman–Crippen MR) is 122 cm³/mol. The average molecular weight is 416 g/mol. The second-order valence-corrected chi connectivity index (χ2v) is 8.93. The van der Waals surface area contributed by atoms with Gasteiger partial charge >= 0.3 is 0 Å². The SMILES string of the molecule is CCC(C)c1nc(Cc2ccc(-c3ccccc3-c3nn[nH]n3)cc2)n(C(C)(C)C)n1. The standard InChI is InChI=1S/C24H29N7/c1-6-16(2)22-25-21(31(28-22)24(3,4)5)15-17-11-13-18(14-12-17)19-9-7-8-10-20(19)23-26-29-30-27-23/h7-14,16H,6,15H2,1-5H3,(H,26,27,29,30). The molecule has 2 aromatic heterocycles. The molecule has 1 N–H and O–H groups in total. The summed E-state index contributed by atoms with van der Waals surface area (Å²) in [5, 5.41) is 19.3. The van der Waals surface area contributed by atoms with Crippen molar-refractivity contribution in [1.82, 2.24) is 35.4 Å². The molecule has 0 spiro atoms. The smallest absolute Gasteiger partial charge is 0.205 e. The summed E-state index contributed by atoms with van der Waals surface area (Å²) >= 11 is 0. The molecule has 1 unspecified atom stereocenters. The van der Waals surface area contributed by atoms with Gasteiger partial charge in [-0.3, -0.25) is 0 Å². The van der Waals surface area contributed by atoms with Crippen molar-refractivity contribution in [3.05, 3.63) is 65.7 Å². The van der Waals surface area contributed by atoms with Gasteiger partial charge < -0.3 is 0 Å². The molecular weight excluding hydrogens is 386 g/mol. The van der Waals surface area contributed by atoms with Gasteiger partial charge in [0, 0.05) is 17.9 Å². The minimum Gasteiger partial charge on any atom is -0.244 e. The number of rotatable bonds is 6. The Morgan fingerprint density at radius 1 is 1.00 bits per heavy atom. The van der Waals surface area contributed by atoms with Gasteiger partial charge in [-0.25, -0.2) is 9.67 Å². The highest BCUT2D eigenvalue weighted by molar-refractivity contribution is 5.80. The van der Waals surface area contributed by atoms with Crippen molar-refractivity contribution in [2.75, 3.05) is 0 Å². The van der Waals surface area contributed by atoms with Crippen LogP contribution in [0.3, 0.4) is 0 Å². The fourth-order valence-corrected chi connectivity index (χ4v) is 3.60. The van der Waals surface area contributed by atoms with E-state index >= 15 is 0 Å². The number of hydrogen-bond donors (Lipinski definition) is 1. The van der Waals surface area contributed by atoms with E-state index in [4.69, 9.17) is 10.1 Å². The van der Waals surface area contributed by atoms with Gasteiger partial charge in [0.25, 0.3) is 0 Å². The van der Waals surface area contributed by atoms with Gasteiger partial charge in [0.1, 0.15) is 5.82 Å². The molecule has 0 aliphatic rings. The zero-order valence-electron chi connectivity index (χ0n) is 18.8. The molecule has 0 aliphatic carbocycles. The van der Waals surface area contributed by atoms with Crippen molar-refractivity contribution in [2.45, 2.75) is 58.9 Å². The van der Waals surface area contributed by atoms with Gasteiger partial charge in [-0.1, -0.05) is 62.4 Å². The highest BCUT2D eigenvalue weighted by Crippen LogP contribution is 2.30. The van der Waals surface area contributed by atoms with Crippen LogP contribution in [-0.2, 0) is 12.0 Å². The fraction of sp³-hybridized carbons (Fsp3) is 0.375. The highest BCUT2D eigenvalue weighted by Gasteiger charge is 2.23. The highest BCUT2D eigenvalue weighted by atomic mass is 15.5. The summed E-state index contributed by atoms with van der Waals surface area (Å²) in [5.41, 5.74) is 4.23. The van der Waals surface area contributed by atoms with E-state index in [0.29, 0.717) is 11.7 Å². The number of nitrogens with one attached hydrogen (secondary N) is 1. The monoisotopic (exact) mass is 415 g/mol. The molecule has 0 saturated carbocycles. The third kappa shape index (κ3) is 4.40. The van der Waals surface area contributed by atoms with E-state index in [1.807, 2.05) is 18.2 Å². The van der Waals surface area contributed by atoms with Crippen LogP contribution < -0.4 is 0 Å². The third-order valence-electron chi connectivity index (χ3n) is 5.52. The Bertz CT molecular complexity index is 1140. The van der Waals surface area contributed by atoms with Crippen LogP contribution in [0.4, 0.5) is 0 Å². The minimum absolute atomic E-state index is 0.114. The number of hydrogen-bond acceptors (Lipinski definition) is 5. The number of nitrogens with zero attached hydrogens (tertiary/aromatic N) is 6. The van der Waals surface area contributed by atoms with Gasteiger partial charge in [0.2, 0.25) is 5.82 Å². The molecular formula is C24H29N7. The third-order valence-corrected chi connectivity index (χ3v) is 5.52. The van der Waals surface area contributed by atoms with Crippen LogP contribution in [-0.4, -0.2) is 35.4 Å². The molecule has 0 saturated heterocycles. The van der Waals surface area contributed by atoms with E-state index in [2.05, 4.69) is 90.3 Å². The van der Waals surface area contributed by atoms with Gasteiger partial charge in [-0.15, -0.1) is 10.2 Å². The summed E-state index contributed by atoms with van der Waals surface area (Å²) in [6, 6.07) is 16.7. The van der Waals surface area contributed by atoms with Crippen molar-refractivity contribution >= 4 is 0 Å². The average Bonchev–Trinajstić information content (AvgIpc) is 3.44. The Hall–Kier alpha value is -3.35. The number of H-pyrrole nitrogens is 1. The maximum absolute atomic E-state index is 4.90. The molecule has 31 heavy (non-hydrogen) atoms. The number of tetrazole rings is 1. The molecule has 0 amide bonds. The molecule has 4 aromatic rings. The summed E-state index contributed by atoms with van der Waals surface area (Å²) in [7, 11) is 0. The summed E-state index contributed by atoms with van der Waals surface area (Å²) in [6.07, 6.45) is 1.77. The van der Waals surface area contributed by atoms with Crippen LogP contribution in [0.5, 0.6) is 0 Å². The quantitative estimate of drug-likeness (QED) is 0.480. The molecule has 7 nitrogen and oxygen atoms in total. The molecule has 0 aliphatic heterocycles. The molecule has 7 heteroatoms. The lowest BCUT2D eigenvalue weighted by atomic mass is 9.97. The maximum atomic E-state index is 4.90. The Balaban J connectivity index is 1.63. The molecule has 1 atom stereocenters. The largest absolute Gasteiger partial charge is 0.244 e. The van der Waals surface area contributed by atoms with Crippen LogP contribution in [0.15, 0.2) is 48.5 Å². The van der Waals surface area contributed by atoms with Crippen molar-refractivity contribution in [1.29, 1.82) is 0 Å². The molecule has 4 rings (SSSR count). The Kier molecular flexibility index (Phi) is 5.67. The van der Waals surface area contributed by atoms with E-state index < -0.39 is 0 Å². The predicted octanol–water partition coefficient (Wildman–Crippen LogP) is 4.98. The van der Waals surface area contributed by atoms with E-state index in [-0.39, 0.29) is 5.54 Å². The summed E-state index contributed by atoms with van der Waals surface area (Å²) in [4.78, 5) is 4.90. The summed E-state index contributed by atoms with van der Waals surface area (Å²) in [6.45, 7) is 10.9. The molecule has 2 aromatic carbocycles. The molecule has 0 bridgehead atoms. The second-order valence-electron chi connectivity index (χ2n) is 8.93. The fourth-order valence-electron chi connectivity index (χ4n) is 3.60. The lowest BCUT2D eigenvalue weighted by molar-refractivity contribution is 0.340. The Morgan fingerprint density at radius 3 is 2.32 bits per heavy atom. The van der Waals surface area contributed by atoms with Crippen molar-refractivity contribution in [3.8, 4) is 22.5 Å². The van der Waals surface area contributed by atoms with Crippen molar-refractivity contribution in [3.63, 3.8) is 0 Å². The molecule has 160 valence electrons. The van der Waals surface area contributed by atoms with Crippen LogP contribution in [0.2, 0.25) is 0 Å². The van der Waals surface area contributed by atoms with E-state index in [9.17, 15) is 0 Å². The van der Waals surface area contributed by atoms with Gasteiger partial charge in [-0.05, 0) is 49.1 Å². The normalized spacial score (nSPS) is 12.8. The van der Waals surface area contributed by atoms with Crippen LogP contribution in [0, 0.1) is 0 Å². The minimum atomic E-state index is -0.114. The van der Waals surface area contributed by atoms with E-state index in [1.165, 1.54) is 5.56 Å². The molecule has 2 heterocycles. The van der Waals surface area contributed by atoms with E-state index in [0.717, 1.165) is 41.2 Å². The second kappa shape index (κ2) is 8.41. The lowest BCUT2D eigenvalue weighted by Crippen LogP contribution is -2.26. The van der Waals surface area contributed by atoms with Crippen LogP contribution in [0.25, 0.3) is 22.5 Å². The van der Waals surface area contributed by atoms with Crippen molar-refractivity contribution in [2.24, 2.45) is 0 Å². The first kappa shape index (κ1) is 20.9. The first-order chi connectivity index (χ1) is 14.9. The van der Waals surface area contributed by atoms with Gasteiger partial charge in [0.15, 0.2) is 5.82 Å².